The zero-order chi connectivity index (χ0) is 14.9. The maximum atomic E-state index is 12.6. The number of amides is 1. The number of carbonyl (C=O) groups excluding carboxylic acids is 1. The molecular weight excluding hydrogens is 298 g/mol. The maximum Gasteiger partial charge on any atom is 0.243 e. The van der Waals surface area contributed by atoms with E-state index in [0.717, 1.165) is 4.31 Å². The lowest BCUT2D eigenvalue weighted by Crippen LogP contribution is -2.49. The van der Waals surface area contributed by atoms with Crippen molar-refractivity contribution in [2.75, 3.05) is 19.6 Å². The Morgan fingerprint density at radius 2 is 2.15 bits per heavy atom. The van der Waals surface area contributed by atoms with Gasteiger partial charge in [-0.05, 0) is 18.6 Å². The first kappa shape index (κ1) is 14.9. The fraction of sp³-hybridized carbons (Fsp3) is 0.333. The zero-order valence-electron chi connectivity index (χ0n) is 10.9. The van der Waals surface area contributed by atoms with Gasteiger partial charge in [0.2, 0.25) is 15.9 Å². The van der Waals surface area contributed by atoms with Crippen LogP contribution in [0.4, 0.5) is 0 Å². The molecule has 1 saturated heterocycles. The van der Waals surface area contributed by atoms with Crippen molar-refractivity contribution in [1.29, 1.82) is 0 Å². The normalized spacial score (nSPS) is 16.8. The molecule has 0 saturated carbocycles. The van der Waals surface area contributed by atoms with Gasteiger partial charge in [0.1, 0.15) is 4.99 Å². The molecule has 0 aliphatic carbocycles. The van der Waals surface area contributed by atoms with Crippen LogP contribution in [0.25, 0.3) is 0 Å². The van der Waals surface area contributed by atoms with Crippen LogP contribution >= 0.6 is 12.2 Å². The highest BCUT2D eigenvalue weighted by Gasteiger charge is 2.30. The molecule has 1 aliphatic heterocycles. The second kappa shape index (κ2) is 5.47. The van der Waals surface area contributed by atoms with E-state index in [-0.39, 0.29) is 28.9 Å². The lowest BCUT2D eigenvalue weighted by Gasteiger charge is -2.26. The molecule has 0 bridgehead atoms. The average Bonchev–Trinajstić information content (AvgIpc) is 2.38. The number of nitrogens with one attached hydrogen (secondary N) is 1. The topological polar surface area (TPSA) is 92.5 Å². The minimum Gasteiger partial charge on any atom is -0.389 e. The van der Waals surface area contributed by atoms with E-state index in [1.165, 1.54) is 6.07 Å². The summed E-state index contributed by atoms with van der Waals surface area (Å²) < 4.78 is 26.3. The van der Waals surface area contributed by atoms with Crippen molar-refractivity contribution in [2.24, 2.45) is 5.73 Å². The third-order valence-corrected chi connectivity index (χ3v) is 5.32. The molecule has 3 N–H and O–H groups in total. The number of hydrogen-bond donors (Lipinski definition) is 2. The van der Waals surface area contributed by atoms with E-state index < -0.39 is 10.0 Å². The lowest BCUT2D eigenvalue weighted by molar-refractivity contribution is -0.122. The fourth-order valence-corrected chi connectivity index (χ4v) is 3.77. The van der Waals surface area contributed by atoms with Crippen LogP contribution in [0.15, 0.2) is 23.1 Å². The van der Waals surface area contributed by atoms with Crippen LogP contribution in [0.5, 0.6) is 0 Å². The summed E-state index contributed by atoms with van der Waals surface area (Å²) in [7, 11) is -3.72. The van der Waals surface area contributed by atoms with Crippen LogP contribution in [0.2, 0.25) is 0 Å². The Hall–Kier alpha value is -1.51. The molecule has 1 aliphatic rings. The molecule has 20 heavy (non-hydrogen) atoms. The van der Waals surface area contributed by atoms with Gasteiger partial charge in [-0.15, -0.1) is 0 Å². The van der Waals surface area contributed by atoms with Crippen LogP contribution in [-0.4, -0.2) is 43.3 Å². The van der Waals surface area contributed by atoms with Gasteiger partial charge in [-0.2, -0.15) is 4.31 Å². The van der Waals surface area contributed by atoms with Gasteiger partial charge in [0.25, 0.3) is 0 Å². The summed E-state index contributed by atoms with van der Waals surface area (Å²) >= 11 is 4.87. The molecule has 108 valence electrons. The van der Waals surface area contributed by atoms with Crippen molar-refractivity contribution in [1.82, 2.24) is 9.62 Å². The molecule has 1 amide bonds. The Morgan fingerprint density at radius 1 is 1.45 bits per heavy atom. The van der Waals surface area contributed by atoms with Gasteiger partial charge in [-0.25, -0.2) is 8.42 Å². The summed E-state index contributed by atoms with van der Waals surface area (Å²) in [4.78, 5) is 11.6. The predicted molar refractivity (Wildman–Crippen MR) is 78.8 cm³/mol. The van der Waals surface area contributed by atoms with E-state index in [1.54, 1.807) is 19.1 Å². The lowest BCUT2D eigenvalue weighted by atomic mass is 10.1. The van der Waals surface area contributed by atoms with Crippen molar-refractivity contribution < 1.29 is 13.2 Å². The Labute approximate surface area is 123 Å². The first-order valence-corrected chi connectivity index (χ1v) is 7.84. The number of sulfonamides is 1. The summed E-state index contributed by atoms with van der Waals surface area (Å²) in [6.07, 6.45) is 0. The average molecular weight is 313 g/mol. The Morgan fingerprint density at radius 3 is 2.75 bits per heavy atom. The van der Waals surface area contributed by atoms with E-state index in [9.17, 15) is 13.2 Å². The minimum atomic E-state index is -3.72. The number of benzene rings is 1. The van der Waals surface area contributed by atoms with E-state index in [1.807, 2.05) is 0 Å². The van der Waals surface area contributed by atoms with Crippen molar-refractivity contribution >= 4 is 33.1 Å². The molecular formula is C12H15N3O3S2. The number of thiocarbonyl (C=S) groups is 1. The summed E-state index contributed by atoms with van der Waals surface area (Å²) in [5, 5.41) is 2.59. The second-order valence-electron chi connectivity index (χ2n) is 4.53. The van der Waals surface area contributed by atoms with Gasteiger partial charge >= 0.3 is 0 Å². The number of rotatable bonds is 3. The number of nitrogens with zero attached hydrogens (tertiary/aromatic N) is 1. The molecule has 0 radical (unpaired) electrons. The summed E-state index contributed by atoms with van der Waals surface area (Å²) in [6, 6.07) is 4.80. The maximum absolute atomic E-state index is 12.6. The smallest absolute Gasteiger partial charge is 0.243 e. The fourth-order valence-electron chi connectivity index (χ4n) is 1.99. The van der Waals surface area contributed by atoms with E-state index >= 15 is 0 Å². The molecule has 6 nitrogen and oxygen atoms in total. The number of piperazine rings is 1. The first-order valence-electron chi connectivity index (χ1n) is 5.99. The molecule has 8 heteroatoms. The van der Waals surface area contributed by atoms with E-state index in [2.05, 4.69) is 5.32 Å². The van der Waals surface area contributed by atoms with Gasteiger partial charge in [-0.1, -0.05) is 24.4 Å². The third-order valence-electron chi connectivity index (χ3n) is 3.09. The molecule has 1 fully saturated rings. The van der Waals surface area contributed by atoms with Crippen LogP contribution in [-0.2, 0) is 14.8 Å². The van der Waals surface area contributed by atoms with Crippen molar-refractivity contribution in [3.05, 3.63) is 29.3 Å². The summed E-state index contributed by atoms with van der Waals surface area (Å²) in [5.41, 5.74) is 6.62. The minimum absolute atomic E-state index is 0.137. The Kier molecular flexibility index (Phi) is 4.07. The third kappa shape index (κ3) is 2.82. The first-order chi connectivity index (χ1) is 9.32. The molecule has 2 rings (SSSR count). The monoisotopic (exact) mass is 313 g/mol. The predicted octanol–water partition coefficient (Wildman–Crippen LogP) is -0.250. The van der Waals surface area contributed by atoms with Gasteiger partial charge in [0.05, 0.1) is 11.4 Å². The molecule has 0 unspecified atom stereocenters. The Balaban J connectivity index is 2.45. The number of aryl methyl sites for hydroxylation is 1. The van der Waals surface area contributed by atoms with E-state index in [4.69, 9.17) is 18.0 Å². The SMILES string of the molecule is Cc1ccc(C(N)=S)cc1S(=O)(=O)N1CCNC(=O)C1. The van der Waals surface area contributed by atoms with Crippen LogP contribution in [0, 0.1) is 6.92 Å². The summed E-state index contributed by atoms with van der Waals surface area (Å²) in [6.45, 7) is 2.09. The standard InChI is InChI=1S/C12H15N3O3S2/c1-8-2-3-9(12(13)19)6-10(8)20(17,18)15-5-4-14-11(16)7-15/h2-3,6H,4-5,7H2,1H3,(H2,13,19)(H,14,16). The van der Waals surface area contributed by atoms with Crippen molar-refractivity contribution in [2.45, 2.75) is 11.8 Å². The van der Waals surface area contributed by atoms with Crippen molar-refractivity contribution in [3.63, 3.8) is 0 Å². The van der Waals surface area contributed by atoms with Crippen LogP contribution < -0.4 is 11.1 Å². The highest BCUT2D eigenvalue weighted by atomic mass is 32.2. The van der Waals surface area contributed by atoms with Gasteiger partial charge in [0, 0.05) is 18.7 Å². The highest BCUT2D eigenvalue weighted by molar-refractivity contribution is 7.89. The highest BCUT2D eigenvalue weighted by Crippen LogP contribution is 2.22. The Bertz CT molecular complexity index is 671. The number of nitrogens with two attached hydrogens (primary N) is 1. The quantitative estimate of drug-likeness (QED) is 0.751. The van der Waals surface area contributed by atoms with Crippen molar-refractivity contribution in [3.8, 4) is 0 Å². The van der Waals surface area contributed by atoms with E-state index in [0.29, 0.717) is 17.7 Å². The van der Waals surface area contributed by atoms with Crippen LogP contribution in [0.3, 0.4) is 0 Å². The molecule has 0 aromatic heterocycles. The molecule has 1 aromatic carbocycles. The van der Waals surface area contributed by atoms with Gasteiger partial charge < -0.3 is 11.1 Å². The van der Waals surface area contributed by atoms with Gasteiger partial charge in [0.15, 0.2) is 0 Å². The second-order valence-corrected chi connectivity index (χ2v) is 6.88. The zero-order valence-corrected chi connectivity index (χ0v) is 12.6. The van der Waals surface area contributed by atoms with Gasteiger partial charge in [-0.3, -0.25) is 4.79 Å². The number of hydrogen-bond acceptors (Lipinski definition) is 4. The summed E-state index contributed by atoms with van der Waals surface area (Å²) in [5.74, 6) is -0.303. The largest absolute Gasteiger partial charge is 0.389 e. The van der Waals surface area contributed by atoms with Crippen LogP contribution in [0.1, 0.15) is 11.1 Å². The number of carbonyl (C=O) groups is 1. The molecule has 0 atom stereocenters. The molecule has 1 aromatic rings. The molecule has 0 spiro atoms. The molecule has 1 heterocycles.